The van der Waals surface area contributed by atoms with E-state index in [1.165, 1.54) is 18.2 Å². The summed E-state index contributed by atoms with van der Waals surface area (Å²) >= 11 is 5.78. The highest BCUT2D eigenvalue weighted by Gasteiger charge is 2.33. The van der Waals surface area contributed by atoms with Crippen molar-refractivity contribution in [2.75, 3.05) is 5.43 Å². The van der Waals surface area contributed by atoms with Crippen molar-refractivity contribution in [2.24, 2.45) is 5.10 Å². The van der Waals surface area contributed by atoms with E-state index < -0.39 is 11.7 Å². The van der Waals surface area contributed by atoms with Gasteiger partial charge >= 0.3 is 6.18 Å². The van der Waals surface area contributed by atoms with Gasteiger partial charge in [0.1, 0.15) is 0 Å². The normalized spacial score (nSPS) is 12.3. The van der Waals surface area contributed by atoms with E-state index in [2.05, 4.69) is 10.5 Å². The first-order chi connectivity index (χ1) is 9.88. The smallest absolute Gasteiger partial charge is 0.278 e. The number of hydrogen-bond acceptors (Lipinski definition) is 2. The van der Waals surface area contributed by atoms with Gasteiger partial charge in [0.2, 0.25) is 0 Å². The van der Waals surface area contributed by atoms with E-state index in [4.69, 9.17) is 11.6 Å². The minimum Gasteiger partial charge on any atom is -0.278 e. The lowest BCUT2D eigenvalue weighted by molar-refractivity contribution is -0.136. The fourth-order valence-corrected chi connectivity index (χ4v) is 1.85. The van der Waals surface area contributed by atoms with Crippen molar-refractivity contribution in [1.29, 1.82) is 0 Å². The maximum Gasteiger partial charge on any atom is 0.418 e. The van der Waals surface area contributed by atoms with Crippen molar-refractivity contribution in [2.45, 2.75) is 13.1 Å². The van der Waals surface area contributed by atoms with Crippen LogP contribution in [0.3, 0.4) is 0 Å². The molecule has 0 radical (unpaired) electrons. The molecule has 0 saturated carbocycles. The van der Waals surface area contributed by atoms with E-state index >= 15 is 0 Å². The standard InChI is InChI=1S/C15H12ClF3N2/c1-10(11-6-8-12(16)9-7-11)20-21-14-5-3-2-4-13(14)15(17,18)19/h2-9,21H,1H3. The van der Waals surface area contributed by atoms with Crippen molar-refractivity contribution in [3.05, 3.63) is 64.7 Å². The zero-order valence-corrected chi connectivity index (χ0v) is 11.8. The molecule has 0 aliphatic heterocycles. The lowest BCUT2D eigenvalue weighted by Gasteiger charge is -2.12. The van der Waals surface area contributed by atoms with Gasteiger partial charge in [-0.05, 0) is 36.8 Å². The van der Waals surface area contributed by atoms with E-state index in [1.54, 1.807) is 31.2 Å². The topological polar surface area (TPSA) is 24.4 Å². The van der Waals surface area contributed by atoms with Gasteiger partial charge in [-0.25, -0.2) is 0 Å². The average Bonchev–Trinajstić information content (AvgIpc) is 2.45. The number of hydrogen-bond donors (Lipinski definition) is 1. The van der Waals surface area contributed by atoms with Crippen LogP contribution >= 0.6 is 11.6 Å². The Morgan fingerprint density at radius 1 is 1.05 bits per heavy atom. The monoisotopic (exact) mass is 312 g/mol. The molecule has 0 aliphatic carbocycles. The number of nitrogens with zero attached hydrogens (tertiary/aromatic N) is 1. The summed E-state index contributed by atoms with van der Waals surface area (Å²) in [5, 5.41) is 4.58. The number of halogens is 4. The first-order valence-corrected chi connectivity index (χ1v) is 6.48. The molecule has 0 fully saturated rings. The Balaban J connectivity index is 2.23. The van der Waals surface area contributed by atoms with Crippen LogP contribution in [-0.2, 0) is 6.18 Å². The number of nitrogens with one attached hydrogen (secondary N) is 1. The molecule has 0 bridgehead atoms. The summed E-state index contributed by atoms with van der Waals surface area (Å²) in [4.78, 5) is 0. The summed E-state index contributed by atoms with van der Waals surface area (Å²) < 4.78 is 38.5. The Labute approximate surface area is 125 Å². The highest BCUT2D eigenvalue weighted by Crippen LogP contribution is 2.34. The van der Waals surface area contributed by atoms with Crippen LogP contribution in [0.15, 0.2) is 53.6 Å². The molecule has 6 heteroatoms. The summed E-state index contributed by atoms with van der Waals surface area (Å²) in [5.41, 5.74) is 2.96. The van der Waals surface area contributed by atoms with E-state index in [1.807, 2.05) is 0 Å². The second-order valence-electron chi connectivity index (χ2n) is 4.36. The largest absolute Gasteiger partial charge is 0.418 e. The van der Waals surface area contributed by atoms with Crippen molar-refractivity contribution in [1.82, 2.24) is 0 Å². The lowest BCUT2D eigenvalue weighted by atomic mass is 10.1. The van der Waals surface area contributed by atoms with Crippen LogP contribution in [0.4, 0.5) is 18.9 Å². The molecule has 0 spiro atoms. The highest BCUT2D eigenvalue weighted by atomic mass is 35.5. The summed E-state index contributed by atoms with van der Waals surface area (Å²) in [6.45, 7) is 1.70. The van der Waals surface area contributed by atoms with Crippen LogP contribution in [0, 0.1) is 0 Å². The molecule has 110 valence electrons. The van der Waals surface area contributed by atoms with Gasteiger partial charge in [-0.2, -0.15) is 18.3 Å². The Hall–Kier alpha value is -2.01. The Kier molecular flexibility index (Phi) is 4.53. The molecular weight excluding hydrogens is 301 g/mol. The van der Waals surface area contributed by atoms with Crippen molar-refractivity contribution in [3.8, 4) is 0 Å². The SMILES string of the molecule is CC(=NNc1ccccc1C(F)(F)F)c1ccc(Cl)cc1. The van der Waals surface area contributed by atoms with Crippen molar-refractivity contribution >= 4 is 23.0 Å². The van der Waals surface area contributed by atoms with E-state index in [0.29, 0.717) is 10.7 Å². The maximum absolute atomic E-state index is 12.8. The first kappa shape index (κ1) is 15.4. The van der Waals surface area contributed by atoms with Gasteiger partial charge in [0, 0.05) is 5.02 Å². The molecule has 2 rings (SSSR count). The molecule has 1 N–H and O–H groups in total. The molecule has 0 amide bonds. The summed E-state index contributed by atoms with van der Waals surface area (Å²) in [7, 11) is 0. The highest BCUT2D eigenvalue weighted by molar-refractivity contribution is 6.30. The van der Waals surface area contributed by atoms with E-state index in [9.17, 15) is 13.2 Å². The van der Waals surface area contributed by atoms with E-state index in [0.717, 1.165) is 11.6 Å². The molecule has 0 heterocycles. The van der Waals surface area contributed by atoms with Gasteiger partial charge < -0.3 is 0 Å². The molecule has 2 aromatic rings. The van der Waals surface area contributed by atoms with Crippen LogP contribution in [0.25, 0.3) is 0 Å². The zero-order valence-electron chi connectivity index (χ0n) is 11.1. The molecule has 21 heavy (non-hydrogen) atoms. The Bertz CT molecular complexity index is 649. The number of hydrazone groups is 1. The fourth-order valence-electron chi connectivity index (χ4n) is 1.73. The molecule has 2 aromatic carbocycles. The second kappa shape index (κ2) is 6.18. The number of alkyl halides is 3. The van der Waals surface area contributed by atoms with Crippen LogP contribution < -0.4 is 5.43 Å². The van der Waals surface area contributed by atoms with E-state index in [-0.39, 0.29) is 5.69 Å². The molecule has 0 atom stereocenters. The van der Waals surface area contributed by atoms with Crippen molar-refractivity contribution in [3.63, 3.8) is 0 Å². The molecular formula is C15H12ClF3N2. The predicted molar refractivity (Wildman–Crippen MR) is 78.7 cm³/mol. The molecule has 2 nitrogen and oxygen atoms in total. The number of rotatable bonds is 3. The summed E-state index contributed by atoms with van der Waals surface area (Å²) in [5.74, 6) is 0. The average molecular weight is 313 g/mol. The summed E-state index contributed by atoms with van der Waals surface area (Å²) in [6.07, 6.45) is -4.42. The molecule has 0 unspecified atom stereocenters. The third-order valence-electron chi connectivity index (χ3n) is 2.84. The molecule has 0 saturated heterocycles. The third kappa shape index (κ3) is 3.98. The third-order valence-corrected chi connectivity index (χ3v) is 3.09. The number of benzene rings is 2. The second-order valence-corrected chi connectivity index (χ2v) is 4.80. The van der Waals surface area contributed by atoms with Crippen LogP contribution in [0.5, 0.6) is 0 Å². The van der Waals surface area contributed by atoms with Gasteiger partial charge in [-0.15, -0.1) is 0 Å². The first-order valence-electron chi connectivity index (χ1n) is 6.10. The quantitative estimate of drug-likeness (QED) is 0.611. The van der Waals surface area contributed by atoms with Crippen LogP contribution in [0.1, 0.15) is 18.1 Å². The number of para-hydroxylation sites is 1. The maximum atomic E-state index is 12.8. The molecule has 0 aliphatic rings. The van der Waals surface area contributed by atoms with Crippen LogP contribution in [-0.4, -0.2) is 5.71 Å². The van der Waals surface area contributed by atoms with Gasteiger partial charge in [-0.3, -0.25) is 5.43 Å². The fraction of sp³-hybridized carbons (Fsp3) is 0.133. The number of anilines is 1. The predicted octanol–water partition coefficient (Wildman–Crippen LogP) is 5.19. The zero-order chi connectivity index (χ0) is 15.5. The van der Waals surface area contributed by atoms with Gasteiger partial charge in [-0.1, -0.05) is 35.9 Å². The summed E-state index contributed by atoms with van der Waals surface area (Å²) in [6, 6.07) is 12.1. The van der Waals surface area contributed by atoms with Gasteiger partial charge in [0.05, 0.1) is 17.0 Å². The van der Waals surface area contributed by atoms with Gasteiger partial charge in [0.15, 0.2) is 0 Å². The minimum atomic E-state index is -4.42. The van der Waals surface area contributed by atoms with Crippen molar-refractivity contribution < 1.29 is 13.2 Å². The Morgan fingerprint density at radius 3 is 2.29 bits per heavy atom. The Morgan fingerprint density at radius 2 is 1.67 bits per heavy atom. The van der Waals surface area contributed by atoms with Crippen LogP contribution in [0.2, 0.25) is 5.02 Å². The lowest BCUT2D eigenvalue weighted by Crippen LogP contribution is -2.09. The minimum absolute atomic E-state index is 0.0849. The van der Waals surface area contributed by atoms with Gasteiger partial charge in [0.25, 0.3) is 0 Å². The molecule has 0 aromatic heterocycles.